The number of halogens is 2. The van der Waals surface area contributed by atoms with Crippen molar-refractivity contribution in [1.82, 2.24) is 9.80 Å². The molecule has 1 N–H and O–H groups in total. The number of anilines is 1. The Morgan fingerprint density at radius 2 is 1.71 bits per heavy atom. The third kappa shape index (κ3) is 6.08. The molecule has 0 aromatic heterocycles. The summed E-state index contributed by atoms with van der Waals surface area (Å²) >= 11 is 12.0. The van der Waals surface area contributed by atoms with E-state index in [1.165, 1.54) is 5.56 Å². The average molecular weight is 418 g/mol. The number of nitrogens with one attached hydrogen (secondary N) is 1. The molecule has 1 amide bonds. The average Bonchev–Trinajstić information content (AvgIpc) is 2.68. The fourth-order valence-corrected chi connectivity index (χ4v) is 3.80. The van der Waals surface area contributed by atoms with Crippen LogP contribution in [-0.4, -0.2) is 54.5 Å². The minimum atomic E-state index is -0.209. The van der Waals surface area contributed by atoms with Gasteiger partial charge in [0.25, 0.3) is 0 Å². The SMILES string of the molecule is C[C@H](C(=O)Nc1cc(Cl)cc(Cl)c1)N1CCN(C/C=C/c2ccccc2)CC1. The summed E-state index contributed by atoms with van der Waals surface area (Å²) in [5.74, 6) is -0.0456. The number of piperazine rings is 1. The molecular weight excluding hydrogens is 393 g/mol. The van der Waals surface area contributed by atoms with Crippen LogP contribution in [0.3, 0.4) is 0 Å². The monoisotopic (exact) mass is 417 g/mol. The fraction of sp³-hybridized carbons (Fsp3) is 0.318. The fourth-order valence-electron chi connectivity index (χ4n) is 3.27. The zero-order valence-electron chi connectivity index (χ0n) is 15.9. The maximum Gasteiger partial charge on any atom is 0.241 e. The first-order chi connectivity index (χ1) is 13.5. The first-order valence-corrected chi connectivity index (χ1v) is 10.2. The summed E-state index contributed by atoms with van der Waals surface area (Å²) in [6.07, 6.45) is 4.35. The number of hydrogen-bond donors (Lipinski definition) is 1. The number of rotatable bonds is 6. The van der Waals surface area contributed by atoms with Gasteiger partial charge in [0.05, 0.1) is 6.04 Å². The Kier molecular flexibility index (Phi) is 7.51. The first-order valence-electron chi connectivity index (χ1n) is 9.46. The maximum absolute atomic E-state index is 12.6. The molecule has 1 heterocycles. The van der Waals surface area contributed by atoms with Gasteiger partial charge in [0.15, 0.2) is 0 Å². The van der Waals surface area contributed by atoms with Crippen molar-refractivity contribution in [1.29, 1.82) is 0 Å². The largest absolute Gasteiger partial charge is 0.325 e. The topological polar surface area (TPSA) is 35.6 Å². The molecule has 0 unspecified atom stereocenters. The molecule has 1 aliphatic rings. The van der Waals surface area contributed by atoms with E-state index in [-0.39, 0.29) is 11.9 Å². The molecule has 0 bridgehead atoms. The summed E-state index contributed by atoms with van der Waals surface area (Å²) in [6.45, 7) is 6.48. The van der Waals surface area contributed by atoms with Crippen LogP contribution in [0.25, 0.3) is 6.08 Å². The van der Waals surface area contributed by atoms with Crippen molar-refractivity contribution in [2.75, 3.05) is 38.0 Å². The van der Waals surface area contributed by atoms with E-state index in [4.69, 9.17) is 23.2 Å². The number of benzene rings is 2. The van der Waals surface area contributed by atoms with E-state index in [9.17, 15) is 4.79 Å². The number of carbonyl (C=O) groups excluding carboxylic acids is 1. The van der Waals surface area contributed by atoms with E-state index in [1.807, 2.05) is 25.1 Å². The molecule has 3 rings (SSSR count). The van der Waals surface area contributed by atoms with Crippen LogP contribution in [0.2, 0.25) is 10.0 Å². The Bertz CT molecular complexity index is 798. The third-order valence-electron chi connectivity index (χ3n) is 4.94. The lowest BCUT2D eigenvalue weighted by atomic mass is 10.2. The lowest BCUT2D eigenvalue weighted by molar-refractivity contribution is -0.121. The predicted molar refractivity (Wildman–Crippen MR) is 118 cm³/mol. The van der Waals surface area contributed by atoms with Gasteiger partial charge >= 0.3 is 0 Å². The van der Waals surface area contributed by atoms with Gasteiger partial charge in [-0.15, -0.1) is 0 Å². The molecule has 1 fully saturated rings. The van der Waals surface area contributed by atoms with Crippen molar-refractivity contribution in [2.24, 2.45) is 0 Å². The van der Waals surface area contributed by atoms with Crippen molar-refractivity contribution in [3.63, 3.8) is 0 Å². The smallest absolute Gasteiger partial charge is 0.241 e. The molecule has 0 spiro atoms. The lowest BCUT2D eigenvalue weighted by Crippen LogP contribution is -2.52. The second kappa shape index (κ2) is 10.1. The van der Waals surface area contributed by atoms with Crippen LogP contribution in [0, 0.1) is 0 Å². The highest BCUT2D eigenvalue weighted by molar-refractivity contribution is 6.35. The van der Waals surface area contributed by atoms with Gasteiger partial charge in [0, 0.05) is 48.5 Å². The van der Waals surface area contributed by atoms with Crippen LogP contribution in [0.1, 0.15) is 12.5 Å². The van der Waals surface area contributed by atoms with Crippen molar-refractivity contribution in [2.45, 2.75) is 13.0 Å². The summed E-state index contributed by atoms with van der Waals surface area (Å²) in [5.41, 5.74) is 1.84. The van der Waals surface area contributed by atoms with Gasteiger partial charge in [0.2, 0.25) is 5.91 Å². The van der Waals surface area contributed by atoms with Gasteiger partial charge in [-0.05, 0) is 30.7 Å². The Morgan fingerprint density at radius 1 is 1.07 bits per heavy atom. The summed E-state index contributed by atoms with van der Waals surface area (Å²) in [6, 6.07) is 15.2. The molecule has 148 valence electrons. The van der Waals surface area contributed by atoms with Crippen molar-refractivity contribution >= 4 is 40.9 Å². The van der Waals surface area contributed by atoms with Gasteiger partial charge in [0.1, 0.15) is 0 Å². The molecule has 1 saturated heterocycles. The zero-order valence-corrected chi connectivity index (χ0v) is 17.5. The lowest BCUT2D eigenvalue weighted by Gasteiger charge is -2.37. The van der Waals surface area contributed by atoms with E-state index >= 15 is 0 Å². The standard InChI is InChI=1S/C22H25Cl2N3O/c1-17(22(28)25-21-15-19(23)14-20(24)16-21)27-12-10-26(11-13-27)9-5-8-18-6-3-2-4-7-18/h2-8,14-17H,9-13H2,1H3,(H,25,28)/b8-5+/t17-/m1/s1. The molecule has 1 aliphatic heterocycles. The van der Waals surface area contributed by atoms with Gasteiger partial charge in [-0.25, -0.2) is 0 Å². The molecule has 0 radical (unpaired) electrons. The number of carbonyl (C=O) groups is 1. The number of hydrogen-bond acceptors (Lipinski definition) is 3. The summed E-state index contributed by atoms with van der Waals surface area (Å²) in [4.78, 5) is 17.2. The molecule has 4 nitrogen and oxygen atoms in total. The van der Waals surface area contributed by atoms with Crippen LogP contribution in [0.5, 0.6) is 0 Å². The third-order valence-corrected chi connectivity index (χ3v) is 5.37. The minimum absolute atomic E-state index is 0.0456. The Labute approximate surface area is 176 Å². The van der Waals surface area contributed by atoms with Crippen molar-refractivity contribution in [3.8, 4) is 0 Å². The summed E-state index contributed by atoms with van der Waals surface area (Å²) in [5, 5.41) is 3.92. The van der Waals surface area contributed by atoms with E-state index in [0.29, 0.717) is 15.7 Å². The number of nitrogens with zero attached hydrogens (tertiary/aromatic N) is 2. The van der Waals surface area contributed by atoms with E-state index in [0.717, 1.165) is 32.7 Å². The van der Waals surface area contributed by atoms with Crippen LogP contribution >= 0.6 is 23.2 Å². The Balaban J connectivity index is 1.45. The quantitative estimate of drug-likeness (QED) is 0.742. The molecule has 0 aliphatic carbocycles. The molecule has 0 saturated carbocycles. The van der Waals surface area contributed by atoms with Crippen molar-refractivity contribution < 1.29 is 4.79 Å². The highest BCUT2D eigenvalue weighted by atomic mass is 35.5. The van der Waals surface area contributed by atoms with Gasteiger partial charge in [-0.3, -0.25) is 14.6 Å². The zero-order chi connectivity index (χ0) is 19.9. The van der Waals surface area contributed by atoms with Crippen LogP contribution in [0.4, 0.5) is 5.69 Å². The summed E-state index contributed by atoms with van der Waals surface area (Å²) < 4.78 is 0. The molecule has 1 atom stereocenters. The van der Waals surface area contributed by atoms with Crippen LogP contribution in [0.15, 0.2) is 54.6 Å². The Morgan fingerprint density at radius 3 is 2.36 bits per heavy atom. The normalized spacial score (nSPS) is 17.0. The summed E-state index contributed by atoms with van der Waals surface area (Å²) in [7, 11) is 0. The van der Waals surface area contributed by atoms with Gasteiger partial charge in [-0.2, -0.15) is 0 Å². The van der Waals surface area contributed by atoms with Gasteiger partial charge in [-0.1, -0.05) is 65.7 Å². The molecule has 2 aromatic rings. The molecule has 28 heavy (non-hydrogen) atoms. The highest BCUT2D eigenvalue weighted by Crippen LogP contribution is 2.23. The second-order valence-corrected chi connectivity index (χ2v) is 7.85. The predicted octanol–water partition coefficient (Wildman–Crippen LogP) is 4.65. The van der Waals surface area contributed by atoms with E-state index in [2.05, 4.69) is 39.4 Å². The molecule has 2 aromatic carbocycles. The van der Waals surface area contributed by atoms with Crippen LogP contribution < -0.4 is 5.32 Å². The first kappa shape index (κ1) is 20.9. The van der Waals surface area contributed by atoms with E-state index < -0.39 is 0 Å². The molecular formula is C22H25Cl2N3O. The van der Waals surface area contributed by atoms with Crippen molar-refractivity contribution in [3.05, 3.63) is 70.2 Å². The Hall–Kier alpha value is -1.85. The second-order valence-electron chi connectivity index (χ2n) is 6.97. The van der Waals surface area contributed by atoms with Gasteiger partial charge < -0.3 is 5.32 Å². The minimum Gasteiger partial charge on any atom is -0.325 e. The van der Waals surface area contributed by atoms with Crippen LogP contribution in [-0.2, 0) is 4.79 Å². The number of amides is 1. The molecule has 6 heteroatoms. The van der Waals surface area contributed by atoms with E-state index in [1.54, 1.807) is 18.2 Å². The maximum atomic E-state index is 12.6. The highest BCUT2D eigenvalue weighted by Gasteiger charge is 2.25.